The van der Waals surface area contributed by atoms with E-state index in [1.807, 2.05) is 5.32 Å². The van der Waals surface area contributed by atoms with E-state index < -0.39 is 80.1 Å². The molecule has 1 aromatic carbocycles. The number of likely N-dealkylation sites (tertiary alicyclic amines) is 1. The van der Waals surface area contributed by atoms with Crippen molar-refractivity contribution in [2.24, 2.45) is 13.0 Å². The smallest absolute Gasteiger partial charge is 0.409 e. The number of halogens is 4. The predicted octanol–water partition coefficient (Wildman–Crippen LogP) is 1.56. The molecule has 1 aromatic heterocycles. The summed E-state index contributed by atoms with van der Waals surface area (Å²) in [6.07, 6.45) is 0.107. The van der Waals surface area contributed by atoms with Crippen LogP contribution in [0, 0.1) is 29.2 Å². The van der Waals surface area contributed by atoms with Crippen LogP contribution in [0.4, 0.5) is 28.0 Å². The first kappa shape index (κ1) is 26.4. The molecule has 1 saturated heterocycles. The molecule has 2 atom stereocenters. The molecule has 3 N–H and O–H groups in total. The Labute approximate surface area is 197 Å². The molecule has 0 bridgehead atoms. The van der Waals surface area contributed by atoms with Crippen LogP contribution >= 0.6 is 0 Å². The van der Waals surface area contributed by atoms with Gasteiger partial charge >= 0.3 is 6.09 Å². The molecule has 192 valence electrons. The average molecular weight is 522 g/mol. The lowest BCUT2D eigenvalue weighted by Crippen LogP contribution is -2.42. The first-order valence-corrected chi connectivity index (χ1v) is 11.7. The number of carbonyl (C=O) groups is 2. The number of hydrogen-bond acceptors (Lipinski definition) is 6. The number of aromatic nitrogens is 1. The summed E-state index contributed by atoms with van der Waals surface area (Å²) >= 11 is 0. The van der Waals surface area contributed by atoms with E-state index in [9.17, 15) is 36.3 Å². The summed E-state index contributed by atoms with van der Waals surface area (Å²) in [5.74, 6) is -8.35. The SMILES string of the molecule is CCOC(=O)N1CC(CO)[C@H](NS(=O)(=O)c2cn(C)c(C(=O)Nc3cc(F)c(F)c(F)c3)c2F)C1. The Morgan fingerprint density at radius 2 is 1.77 bits per heavy atom. The van der Waals surface area contributed by atoms with E-state index >= 15 is 4.39 Å². The minimum Gasteiger partial charge on any atom is -0.450 e. The fraction of sp³-hybridized carbons (Fsp3) is 0.400. The monoisotopic (exact) mass is 522 g/mol. The van der Waals surface area contributed by atoms with Gasteiger partial charge in [-0.1, -0.05) is 0 Å². The third-order valence-corrected chi connectivity index (χ3v) is 6.82. The Morgan fingerprint density at radius 3 is 2.34 bits per heavy atom. The van der Waals surface area contributed by atoms with Gasteiger partial charge in [0.25, 0.3) is 5.91 Å². The highest BCUT2D eigenvalue weighted by molar-refractivity contribution is 7.89. The van der Waals surface area contributed by atoms with E-state index in [1.54, 1.807) is 6.92 Å². The number of nitrogens with zero attached hydrogens (tertiary/aromatic N) is 2. The van der Waals surface area contributed by atoms with Gasteiger partial charge in [-0.15, -0.1) is 0 Å². The summed E-state index contributed by atoms with van der Waals surface area (Å²) in [5, 5.41) is 11.6. The first-order valence-electron chi connectivity index (χ1n) is 10.2. The highest BCUT2D eigenvalue weighted by Gasteiger charge is 2.39. The van der Waals surface area contributed by atoms with Gasteiger partial charge in [0, 0.05) is 62.7 Å². The summed E-state index contributed by atoms with van der Waals surface area (Å²) < 4.78 is 88.7. The van der Waals surface area contributed by atoms with Gasteiger partial charge in [-0.3, -0.25) is 4.79 Å². The normalized spacial score (nSPS) is 18.1. The third kappa shape index (κ3) is 5.41. The Balaban J connectivity index is 1.83. The van der Waals surface area contributed by atoms with Crippen LogP contribution in [-0.2, 0) is 21.8 Å². The number of anilines is 1. The number of carbonyl (C=O) groups excluding carboxylic acids is 2. The minimum absolute atomic E-state index is 0.00175. The molecule has 2 aromatic rings. The fourth-order valence-electron chi connectivity index (χ4n) is 3.65. The van der Waals surface area contributed by atoms with Gasteiger partial charge in [-0.2, -0.15) is 0 Å². The van der Waals surface area contributed by atoms with Crippen LogP contribution in [0.3, 0.4) is 0 Å². The number of amides is 2. The molecule has 10 nitrogen and oxygen atoms in total. The second kappa shape index (κ2) is 10.2. The molecule has 0 aliphatic carbocycles. The standard InChI is InChI=1S/C20H22F4N4O6S/c1-3-34-20(31)28-6-10(9-29)14(7-28)26-35(32,33)15-8-27(2)18(17(15)24)19(30)25-11-4-12(21)16(23)13(22)5-11/h4-5,8,10,14,26,29H,3,6-7,9H2,1-2H3,(H,25,30)/t10?,14-/m1/s1. The van der Waals surface area contributed by atoms with Crippen molar-refractivity contribution < 1.29 is 45.4 Å². The molecule has 35 heavy (non-hydrogen) atoms. The first-order chi connectivity index (χ1) is 16.4. The summed E-state index contributed by atoms with van der Waals surface area (Å²) in [6.45, 7) is 1.06. The van der Waals surface area contributed by atoms with E-state index in [-0.39, 0.29) is 19.7 Å². The second-order valence-electron chi connectivity index (χ2n) is 7.75. The van der Waals surface area contributed by atoms with Gasteiger partial charge in [0.2, 0.25) is 10.0 Å². The van der Waals surface area contributed by atoms with Gasteiger partial charge < -0.3 is 24.6 Å². The molecule has 15 heteroatoms. The molecule has 1 fully saturated rings. The largest absolute Gasteiger partial charge is 0.450 e. The summed E-state index contributed by atoms with van der Waals surface area (Å²) in [6, 6.07) is -0.0295. The van der Waals surface area contributed by atoms with E-state index in [0.29, 0.717) is 12.1 Å². The highest BCUT2D eigenvalue weighted by atomic mass is 32.2. The lowest BCUT2D eigenvalue weighted by Gasteiger charge is -2.17. The number of aliphatic hydroxyl groups is 1. The molecule has 2 heterocycles. The number of sulfonamides is 1. The topological polar surface area (TPSA) is 130 Å². The molecule has 0 spiro atoms. The number of hydrogen-bond donors (Lipinski definition) is 3. The van der Waals surface area contributed by atoms with Crippen molar-refractivity contribution >= 4 is 27.7 Å². The van der Waals surface area contributed by atoms with Crippen LogP contribution in [-0.4, -0.2) is 67.3 Å². The van der Waals surface area contributed by atoms with Gasteiger partial charge in [0.15, 0.2) is 23.3 Å². The molecule has 1 aliphatic heterocycles. The summed E-state index contributed by atoms with van der Waals surface area (Å²) in [5.41, 5.74) is -1.31. The number of aryl methyl sites for hydroxylation is 1. The van der Waals surface area contributed by atoms with Crippen LogP contribution in [0.5, 0.6) is 0 Å². The summed E-state index contributed by atoms with van der Waals surface area (Å²) in [7, 11) is -3.43. The summed E-state index contributed by atoms with van der Waals surface area (Å²) in [4.78, 5) is 24.7. The quantitative estimate of drug-likeness (QED) is 0.374. The van der Waals surface area contributed by atoms with E-state index in [2.05, 4.69) is 4.72 Å². The maximum atomic E-state index is 15.1. The van der Waals surface area contributed by atoms with Crippen LogP contribution in [0.25, 0.3) is 0 Å². The van der Waals surface area contributed by atoms with Crippen molar-refractivity contribution in [3.63, 3.8) is 0 Å². The lowest BCUT2D eigenvalue weighted by molar-refractivity contribution is 0.101. The number of ether oxygens (including phenoxy) is 1. The molecular formula is C20H22F4N4O6S. The van der Waals surface area contributed by atoms with Gasteiger partial charge in [0.05, 0.1) is 6.61 Å². The van der Waals surface area contributed by atoms with Crippen molar-refractivity contribution in [1.29, 1.82) is 0 Å². The Kier molecular flexibility index (Phi) is 7.71. The average Bonchev–Trinajstić information content (AvgIpc) is 3.31. The maximum absolute atomic E-state index is 15.1. The van der Waals surface area contributed by atoms with E-state index in [4.69, 9.17) is 4.74 Å². The van der Waals surface area contributed by atoms with Crippen molar-refractivity contribution in [3.8, 4) is 0 Å². The van der Waals surface area contributed by atoms with Gasteiger partial charge in [-0.25, -0.2) is 35.5 Å². The zero-order chi connectivity index (χ0) is 26.1. The molecular weight excluding hydrogens is 500 g/mol. The molecule has 0 saturated carbocycles. The zero-order valence-electron chi connectivity index (χ0n) is 18.5. The Bertz CT molecular complexity index is 1230. The van der Waals surface area contributed by atoms with Gasteiger partial charge in [0.1, 0.15) is 10.6 Å². The van der Waals surface area contributed by atoms with E-state index in [1.165, 1.54) is 4.90 Å². The fourth-order valence-corrected chi connectivity index (χ4v) is 5.07. The number of nitrogens with one attached hydrogen (secondary N) is 2. The number of aliphatic hydroxyl groups excluding tert-OH is 1. The number of rotatable bonds is 7. The molecule has 0 radical (unpaired) electrons. The Hall–Kier alpha value is -3.17. The van der Waals surface area contributed by atoms with Crippen LogP contribution in [0.2, 0.25) is 0 Å². The van der Waals surface area contributed by atoms with Crippen molar-refractivity contribution in [2.45, 2.75) is 17.9 Å². The minimum atomic E-state index is -4.59. The van der Waals surface area contributed by atoms with Crippen molar-refractivity contribution in [3.05, 3.63) is 47.3 Å². The molecule has 2 amide bonds. The lowest BCUT2D eigenvalue weighted by atomic mass is 10.1. The third-order valence-electron chi connectivity index (χ3n) is 5.34. The van der Waals surface area contributed by atoms with Gasteiger partial charge in [-0.05, 0) is 6.92 Å². The maximum Gasteiger partial charge on any atom is 0.409 e. The van der Waals surface area contributed by atoms with Crippen LogP contribution in [0.15, 0.2) is 23.2 Å². The zero-order valence-corrected chi connectivity index (χ0v) is 19.3. The number of benzene rings is 1. The van der Waals surface area contributed by atoms with Crippen LogP contribution < -0.4 is 10.0 Å². The van der Waals surface area contributed by atoms with Crippen molar-refractivity contribution in [1.82, 2.24) is 14.2 Å². The predicted molar refractivity (Wildman–Crippen MR) is 113 cm³/mol. The van der Waals surface area contributed by atoms with Crippen molar-refractivity contribution in [2.75, 3.05) is 31.6 Å². The molecule has 3 rings (SSSR count). The Morgan fingerprint density at radius 1 is 1.14 bits per heavy atom. The van der Waals surface area contributed by atoms with E-state index in [0.717, 1.165) is 17.8 Å². The molecule has 1 unspecified atom stereocenters. The second-order valence-corrected chi connectivity index (χ2v) is 9.43. The highest BCUT2D eigenvalue weighted by Crippen LogP contribution is 2.25. The molecule has 1 aliphatic rings. The van der Waals surface area contributed by atoms with Crippen LogP contribution in [0.1, 0.15) is 17.4 Å².